The molecule has 0 fully saturated rings. The molecule has 1 aliphatic rings. The van der Waals surface area contributed by atoms with Gasteiger partial charge in [-0.15, -0.1) is 34.2 Å². The third-order valence-electron chi connectivity index (χ3n) is 5.28. The SMILES string of the molecule is CCc1cccc(CC)c1NC(N)=NCCCc1nnc2n1CCCCC2.I. The maximum absolute atomic E-state index is 6.15. The second-order valence-electron chi connectivity index (χ2n) is 7.15. The molecule has 0 unspecified atom stereocenters. The highest BCUT2D eigenvalue weighted by Crippen LogP contribution is 2.22. The van der Waals surface area contributed by atoms with Crippen LogP contribution in [0.5, 0.6) is 0 Å². The fraction of sp³-hybridized carbons (Fsp3) is 0.571. The quantitative estimate of drug-likeness (QED) is 0.262. The van der Waals surface area contributed by atoms with E-state index in [-0.39, 0.29) is 24.0 Å². The van der Waals surface area contributed by atoms with Crippen molar-refractivity contribution in [2.45, 2.75) is 71.8 Å². The molecule has 1 aromatic heterocycles. The van der Waals surface area contributed by atoms with Crippen LogP contribution < -0.4 is 11.1 Å². The number of para-hydroxylation sites is 1. The highest BCUT2D eigenvalue weighted by Gasteiger charge is 2.14. The van der Waals surface area contributed by atoms with Gasteiger partial charge < -0.3 is 15.6 Å². The smallest absolute Gasteiger partial charge is 0.193 e. The van der Waals surface area contributed by atoms with Gasteiger partial charge in [-0.25, -0.2) is 0 Å². The van der Waals surface area contributed by atoms with Gasteiger partial charge in [0, 0.05) is 31.6 Å². The minimum Gasteiger partial charge on any atom is -0.370 e. The Hall–Kier alpha value is -1.64. The fourth-order valence-corrected chi connectivity index (χ4v) is 3.74. The summed E-state index contributed by atoms with van der Waals surface area (Å²) in [4.78, 5) is 4.53. The summed E-state index contributed by atoms with van der Waals surface area (Å²) in [6.45, 7) is 6.07. The van der Waals surface area contributed by atoms with Gasteiger partial charge in [-0.3, -0.25) is 4.99 Å². The van der Waals surface area contributed by atoms with Crippen LogP contribution in [0.25, 0.3) is 0 Å². The maximum atomic E-state index is 6.15. The minimum atomic E-state index is 0. The lowest BCUT2D eigenvalue weighted by Gasteiger charge is -2.14. The van der Waals surface area contributed by atoms with Gasteiger partial charge in [0.05, 0.1) is 0 Å². The van der Waals surface area contributed by atoms with Crippen LogP contribution in [0.3, 0.4) is 0 Å². The first kappa shape index (κ1) is 22.6. The first-order valence-corrected chi connectivity index (χ1v) is 10.3. The van der Waals surface area contributed by atoms with Crippen LogP contribution >= 0.6 is 24.0 Å². The Bertz CT molecular complexity index is 761. The van der Waals surface area contributed by atoms with Crippen molar-refractivity contribution in [3.63, 3.8) is 0 Å². The zero-order valence-corrected chi connectivity index (χ0v) is 19.4. The molecule has 0 spiro atoms. The fourth-order valence-electron chi connectivity index (χ4n) is 3.74. The number of rotatable bonds is 7. The molecule has 2 heterocycles. The summed E-state index contributed by atoms with van der Waals surface area (Å²) < 4.78 is 2.31. The van der Waals surface area contributed by atoms with Crippen molar-refractivity contribution >= 4 is 35.6 Å². The van der Waals surface area contributed by atoms with Crippen LogP contribution in [0.2, 0.25) is 0 Å². The number of hydrogen-bond donors (Lipinski definition) is 2. The molecule has 2 aromatic rings. The number of guanidine groups is 1. The van der Waals surface area contributed by atoms with Crippen LogP contribution in [-0.4, -0.2) is 27.3 Å². The predicted octanol–water partition coefficient (Wildman–Crippen LogP) is 4.11. The highest BCUT2D eigenvalue weighted by molar-refractivity contribution is 14.0. The van der Waals surface area contributed by atoms with Gasteiger partial charge in [0.25, 0.3) is 0 Å². The lowest BCUT2D eigenvalue weighted by Crippen LogP contribution is -2.24. The van der Waals surface area contributed by atoms with Crippen molar-refractivity contribution < 1.29 is 0 Å². The summed E-state index contributed by atoms with van der Waals surface area (Å²) in [6, 6.07) is 6.40. The predicted molar refractivity (Wildman–Crippen MR) is 127 cm³/mol. The summed E-state index contributed by atoms with van der Waals surface area (Å²) in [5.41, 5.74) is 9.82. The molecular formula is C21H33IN6. The standard InChI is InChI=1S/C21H32N6.HI/c1-3-16-10-8-11-17(4-2)20(16)24-21(22)23-14-9-13-19-26-25-18-12-6-5-7-15-27(18)19;/h8,10-11H,3-7,9,12-15H2,1-2H3,(H3,22,23,24);1H. The molecule has 0 saturated heterocycles. The van der Waals surface area contributed by atoms with E-state index in [1.807, 2.05) is 0 Å². The third kappa shape index (κ3) is 5.68. The Morgan fingerprint density at radius 1 is 1.14 bits per heavy atom. The summed E-state index contributed by atoms with van der Waals surface area (Å²) in [7, 11) is 0. The average molecular weight is 496 g/mol. The molecule has 0 amide bonds. The molecular weight excluding hydrogens is 463 g/mol. The van der Waals surface area contributed by atoms with E-state index in [0.29, 0.717) is 12.5 Å². The Kier molecular flexibility index (Phi) is 9.21. The molecule has 0 aliphatic carbocycles. The van der Waals surface area contributed by atoms with E-state index in [1.54, 1.807) is 0 Å². The van der Waals surface area contributed by atoms with E-state index < -0.39 is 0 Å². The first-order valence-electron chi connectivity index (χ1n) is 10.3. The highest BCUT2D eigenvalue weighted by atomic mass is 127. The lowest BCUT2D eigenvalue weighted by atomic mass is 10.0. The minimum absolute atomic E-state index is 0. The first-order chi connectivity index (χ1) is 13.2. The third-order valence-corrected chi connectivity index (χ3v) is 5.28. The van der Waals surface area contributed by atoms with Crippen molar-refractivity contribution in [1.82, 2.24) is 14.8 Å². The van der Waals surface area contributed by atoms with Crippen LogP contribution in [-0.2, 0) is 32.2 Å². The van der Waals surface area contributed by atoms with E-state index >= 15 is 0 Å². The molecule has 0 radical (unpaired) electrons. The topological polar surface area (TPSA) is 81.1 Å². The van der Waals surface area contributed by atoms with Crippen LogP contribution in [0.1, 0.15) is 62.3 Å². The number of aliphatic imine (C=N–C) groups is 1. The molecule has 1 aliphatic heterocycles. The van der Waals surface area contributed by atoms with Crippen molar-refractivity contribution in [3.8, 4) is 0 Å². The normalized spacial score (nSPS) is 14.1. The average Bonchev–Trinajstić information content (AvgIpc) is 2.91. The molecule has 0 saturated carbocycles. The largest absolute Gasteiger partial charge is 0.370 e. The number of fused-ring (bicyclic) bond motifs is 1. The molecule has 3 N–H and O–H groups in total. The number of nitrogens with zero attached hydrogens (tertiary/aromatic N) is 4. The number of halogens is 1. The summed E-state index contributed by atoms with van der Waals surface area (Å²) >= 11 is 0. The van der Waals surface area contributed by atoms with E-state index in [0.717, 1.165) is 56.0 Å². The monoisotopic (exact) mass is 496 g/mol. The second-order valence-corrected chi connectivity index (χ2v) is 7.15. The molecule has 1 aromatic carbocycles. The molecule has 28 heavy (non-hydrogen) atoms. The van der Waals surface area contributed by atoms with Crippen LogP contribution in [0, 0.1) is 0 Å². The van der Waals surface area contributed by atoms with Crippen molar-refractivity contribution in [1.29, 1.82) is 0 Å². The number of benzene rings is 1. The van der Waals surface area contributed by atoms with Gasteiger partial charge in [-0.05, 0) is 43.2 Å². The number of anilines is 1. The second kappa shape index (κ2) is 11.4. The summed E-state index contributed by atoms with van der Waals surface area (Å²) in [5.74, 6) is 2.74. The van der Waals surface area contributed by atoms with Crippen LogP contribution in [0.15, 0.2) is 23.2 Å². The Morgan fingerprint density at radius 3 is 2.61 bits per heavy atom. The Balaban J connectivity index is 0.00000280. The number of nitrogens with one attached hydrogen (secondary N) is 1. The van der Waals surface area contributed by atoms with Crippen molar-refractivity contribution in [2.24, 2.45) is 10.7 Å². The van der Waals surface area contributed by atoms with Crippen molar-refractivity contribution in [2.75, 3.05) is 11.9 Å². The van der Waals surface area contributed by atoms with E-state index in [4.69, 9.17) is 5.73 Å². The van der Waals surface area contributed by atoms with Gasteiger partial charge in [0.1, 0.15) is 11.6 Å². The number of nitrogens with two attached hydrogens (primary N) is 1. The van der Waals surface area contributed by atoms with Gasteiger partial charge in [-0.2, -0.15) is 0 Å². The van der Waals surface area contributed by atoms with Gasteiger partial charge >= 0.3 is 0 Å². The van der Waals surface area contributed by atoms with E-state index in [1.165, 1.54) is 30.4 Å². The number of aryl methyl sites for hydroxylation is 4. The van der Waals surface area contributed by atoms with Crippen LogP contribution in [0.4, 0.5) is 5.69 Å². The summed E-state index contributed by atoms with van der Waals surface area (Å²) in [5, 5.41) is 12.1. The van der Waals surface area contributed by atoms with Gasteiger partial charge in [0.15, 0.2) is 5.96 Å². The maximum Gasteiger partial charge on any atom is 0.193 e. The van der Waals surface area contributed by atoms with E-state index in [9.17, 15) is 0 Å². The molecule has 3 rings (SSSR count). The number of hydrogen-bond acceptors (Lipinski definition) is 3. The Labute approximate surface area is 185 Å². The van der Waals surface area contributed by atoms with E-state index in [2.05, 4.69) is 57.1 Å². The van der Waals surface area contributed by atoms with Crippen molar-refractivity contribution in [3.05, 3.63) is 41.0 Å². The van der Waals surface area contributed by atoms with Gasteiger partial charge in [0.2, 0.25) is 0 Å². The molecule has 0 atom stereocenters. The lowest BCUT2D eigenvalue weighted by molar-refractivity contribution is 0.598. The summed E-state index contributed by atoms with van der Waals surface area (Å²) in [6.07, 6.45) is 8.56. The molecule has 154 valence electrons. The number of aromatic nitrogens is 3. The molecule has 0 bridgehead atoms. The zero-order valence-electron chi connectivity index (χ0n) is 17.1. The Morgan fingerprint density at radius 2 is 1.89 bits per heavy atom. The zero-order chi connectivity index (χ0) is 19.1. The molecule has 7 heteroatoms. The molecule has 6 nitrogen and oxygen atoms in total. The van der Waals surface area contributed by atoms with Gasteiger partial charge in [-0.1, -0.05) is 38.5 Å².